The molecule has 306 valence electrons. The van der Waals surface area contributed by atoms with E-state index in [1.165, 1.54) is 7.11 Å². The molecule has 16 heteroatoms. The predicted molar refractivity (Wildman–Crippen MR) is 219 cm³/mol. The number of nitrogens with zero attached hydrogens (tertiary/aromatic N) is 6. The van der Waals surface area contributed by atoms with Crippen LogP contribution in [0.3, 0.4) is 0 Å². The second-order valence-corrected chi connectivity index (χ2v) is 14.9. The van der Waals surface area contributed by atoms with Crippen LogP contribution in [0.15, 0.2) is 110 Å². The monoisotopic (exact) mass is 808 g/mol. The van der Waals surface area contributed by atoms with E-state index in [1.807, 2.05) is 48.5 Å². The molecule has 3 aromatic heterocycles. The summed E-state index contributed by atoms with van der Waals surface area (Å²) >= 11 is 0. The second-order valence-electron chi connectivity index (χ2n) is 14.9. The van der Waals surface area contributed by atoms with Crippen LogP contribution in [0.4, 0.5) is 9.59 Å². The second kappa shape index (κ2) is 16.9. The maximum atomic E-state index is 14.0. The van der Waals surface area contributed by atoms with E-state index in [0.717, 1.165) is 36.1 Å². The number of alkyl carbamates (subject to hydrolysis) is 1. The molecule has 0 radical (unpaired) electrons. The van der Waals surface area contributed by atoms with Gasteiger partial charge in [0, 0.05) is 24.2 Å². The zero-order valence-electron chi connectivity index (χ0n) is 33.1. The summed E-state index contributed by atoms with van der Waals surface area (Å²) in [7, 11) is 1.27. The summed E-state index contributed by atoms with van der Waals surface area (Å²) in [5, 5.41) is 2.70. The van der Waals surface area contributed by atoms with Gasteiger partial charge in [-0.15, -0.1) is 0 Å². The third-order valence-electron chi connectivity index (χ3n) is 11.2. The molecular formula is C44H44N10O6. The minimum Gasteiger partial charge on any atom is -0.453 e. The summed E-state index contributed by atoms with van der Waals surface area (Å²) in [6.07, 6.45) is 8.02. The maximum Gasteiger partial charge on any atom is 0.407 e. The topological polar surface area (TPSA) is 214 Å². The minimum atomic E-state index is -1.61. The highest BCUT2D eigenvalue weighted by atomic mass is 16.6. The highest BCUT2D eigenvalue weighted by Crippen LogP contribution is 2.38. The number of amides is 4. The molecule has 3 aromatic carbocycles. The molecular weight excluding hydrogens is 765 g/mol. The smallest absolute Gasteiger partial charge is 0.407 e. The van der Waals surface area contributed by atoms with Gasteiger partial charge in [0.2, 0.25) is 5.60 Å². The number of primary amides is 1. The van der Waals surface area contributed by atoms with Crippen LogP contribution in [0.5, 0.6) is 0 Å². The van der Waals surface area contributed by atoms with Crippen molar-refractivity contribution in [1.82, 2.24) is 45.0 Å². The van der Waals surface area contributed by atoms with Crippen LogP contribution < -0.4 is 11.1 Å². The first-order chi connectivity index (χ1) is 29.1. The number of likely N-dealkylation sites (tertiary alicyclic amines) is 2. The molecule has 4 amide bonds. The molecule has 2 unspecified atom stereocenters. The number of ether oxygens (including phenoxy) is 2. The third kappa shape index (κ3) is 7.90. The lowest BCUT2D eigenvalue weighted by Gasteiger charge is -2.34. The van der Waals surface area contributed by atoms with Gasteiger partial charge < -0.3 is 40.3 Å². The standard InChI is InChI=1S/C44H44N10O6/c1-44(60-42(45)57,30-13-7-4-8-14-30)41(56)54-22-10-16-36(54)39-49-26-34(51-39)33-25-46-31(23-47-33)27-17-19-28(20-18-27)32-24-48-38(50-32)35-15-9-21-53(35)40(55)37(52-43(58)59-2)29-11-5-3-6-12-29/h3-8,11-14,17-20,23-26,35-37H,9-10,15-16,21-22H2,1-2H3,(H2,45,57)(H,48,50)(H,49,51)(H,52,58)/t35?,36-,37-,44?/m0/s1. The lowest BCUT2D eigenvalue weighted by atomic mass is 9.93. The molecule has 2 saturated heterocycles. The van der Waals surface area contributed by atoms with E-state index < -0.39 is 23.8 Å². The molecule has 6 aromatic rings. The van der Waals surface area contributed by atoms with Crippen LogP contribution in [-0.2, 0) is 24.7 Å². The average molecular weight is 809 g/mol. The van der Waals surface area contributed by atoms with Gasteiger partial charge >= 0.3 is 12.2 Å². The Hall–Kier alpha value is -7.36. The Morgan fingerprint density at radius 1 is 0.733 bits per heavy atom. The lowest BCUT2D eigenvalue weighted by Crippen LogP contribution is -2.48. The van der Waals surface area contributed by atoms with Crippen LogP contribution in [0.25, 0.3) is 33.9 Å². The van der Waals surface area contributed by atoms with Crippen molar-refractivity contribution in [3.8, 4) is 33.9 Å². The molecule has 2 aliphatic rings. The molecule has 8 rings (SSSR count). The molecule has 5 heterocycles. The Kier molecular flexibility index (Phi) is 11.1. The summed E-state index contributed by atoms with van der Waals surface area (Å²) in [4.78, 5) is 80.9. The molecule has 60 heavy (non-hydrogen) atoms. The Morgan fingerprint density at radius 3 is 1.93 bits per heavy atom. The number of hydrogen-bond donors (Lipinski definition) is 4. The number of nitrogens with one attached hydrogen (secondary N) is 3. The van der Waals surface area contributed by atoms with E-state index >= 15 is 0 Å². The Morgan fingerprint density at radius 2 is 1.30 bits per heavy atom. The zero-order valence-corrected chi connectivity index (χ0v) is 33.1. The fraction of sp³-hybridized carbons (Fsp3) is 0.273. The van der Waals surface area contributed by atoms with Gasteiger partial charge in [-0.3, -0.25) is 19.6 Å². The molecule has 0 spiro atoms. The molecule has 0 aliphatic carbocycles. The van der Waals surface area contributed by atoms with Gasteiger partial charge in [0.1, 0.15) is 23.4 Å². The third-order valence-corrected chi connectivity index (χ3v) is 11.2. The van der Waals surface area contributed by atoms with Crippen molar-refractivity contribution in [3.05, 3.63) is 132 Å². The average Bonchev–Trinajstić information content (AvgIpc) is 4.13. The first-order valence-corrected chi connectivity index (χ1v) is 19.7. The number of carbonyl (C=O) groups is 4. The molecule has 0 saturated carbocycles. The number of carbonyl (C=O) groups excluding carboxylic acids is 4. The number of nitrogens with two attached hydrogens (primary N) is 1. The molecule has 0 bridgehead atoms. The number of H-pyrrole nitrogens is 2. The number of methoxy groups -OCH3 is 1. The van der Waals surface area contributed by atoms with Crippen LogP contribution >= 0.6 is 0 Å². The van der Waals surface area contributed by atoms with E-state index in [0.29, 0.717) is 59.4 Å². The quantitative estimate of drug-likeness (QED) is 0.114. The number of benzene rings is 3. The van der Waals surface area contributed by atoms with Crippen molar-refractivity contribution in [3.63, 3.8) is 0 Å². The predicted octanol–water partition coefficient (Wildman–Crippen LogP) is 6.36. The van der Waals surface area contributed by atoms with E-state index in [1.54, 1.807) is 77.9 Å². The Bertz CT molecular complexity index is 2470. The number of aromatic amines is 2. The summed E-state index contributed by atoms with van der Waals surface area (Å²) in [6, 6.07) is 24.3. The fourth-order valence-electron chi connectivity index (χ4n) is 8.07. The van der Waals surface area contributed by atoms with Crippen molar-refractivity contribution in [1.29, 1.82) is 0 Å². The van der Waals surface area contributed by atoms with Crippen LogP contribution in [0, 0.1) is 0 Å². The molecule has 5 N–H and O–H groups in total. The van der Waals surface area contributed by atoms with Gasteiger partial charge in [0.05, 0.1) is 61.1 Å². The van der Waals surface area contributed by atoms with E-state index in [9.17, 15) is 19.2 Å². The minimum absolute atomic E-state index is 0.232. The summed E-state index contributed by atoms with van der Waals surface area (Å²) < 4.78 is 10.3. The van der Waals surface area contributed by atoms with Gasteiger partial charge in [-0.05, 0) is 43.7 Å². The highest BCUT2D eigenvalue weighted by molar-refractivity contribution is 5.89. The van der Waals surface area contributed by atoms with Gasteiger partial charge in [-0.2, -0.15) is 0 Å². The Labute approximate surface area is 345 Å². The summed E-state index contributed by atoms with van der Waals surface area (Å²) in [5.41, 5.74) is 9.46. The van der Waals surface area contributed by atoms with Crippen molar-refractivity contribution in [2.45, 2.75) is 56.3 Å². The Balaban J connectivity index is 0.936. The lowest BCUT2D eigenvalue weighted by molar-refractivity contribution is -0.151. The molecule has 2 fully saturated rings. The zero-order chi connectivity index (χ0) is 41.8. The first kappa shape index (κ1) is 39.5. The number of hydrogen-bond acceptors (Lipinski definition) is 10. The van der Waals surface area contributed by atoms with Gasteiger partial charge in [-0.25, -0.2) is 19.6 Å². The number of imidazole rings is 2. The molecule has 4 atom stereocenters. The van der Waals surface area contributed by atoms with Gasteiger partial charge in [-0.1, -0.05) is 84.9 Å². The SMILES string of the molecule is COC(=O)N[C@H](C(=O)N1CCCC1c1ncc(-c2ccc(-c3cnc(-c4cnc([C@@H]5CCCN5C(=O)C(C)(OC(N)=O)c5ccccc5)[nH]4)cn3)cc2)[nH]1)c1ccccc1. The van der Waals surface area contributed by atoms with Crippen LogP contribution in [0.2, 0.25) is 0 Å². The van der Waals surface area contributed by atoms with Crippen molar-refractivity contribution in [2.75, 3.05) is 20.2 Å². The van der Waals surface area contributed by atoms with E-state index in [2.05, 4.69) is 35.2 Å². The summed E-state index contributed by atoms with van der Waals surface area (Å²) in [6.45, 7) is 2.56. The van der Waals surface area contributed by atoms with Crippen molar-refractivity contribution in [2.24, 2.45) is 5.73 Å². The van der Waals surface area contributed by atoms with Crippen molar-refractivity contribution < 1.29 is 28.7 Å². The maximum absolute atomic E-state index is 14.0. The van der Waals surface area contributed by atoms with E-state index in [-0.39, 0.29) is 23.9 Å². The highest BCUT2D eigenvalue weighted by Gasteiger charge is 2.46. The molecule has 2 aliphatic heterocycles. The first-order valence-electron chi connectivity index (χ1n) is 19.7. The summed E-state index contributed by atoms with van der Waals surface area (Å²) in [5.74, 6) is 0.646. The van der Waals surface area contributed by atoms with Crippen LogP contribution in [-0.4, -0.2) is 83.9 Å². The van der Waals surface area contributed by atoms with Gasteiger partial charge in [0.15, 0.2) is 0 Å². The van der Waals surface area contributed by atoms with E-state index in [4.69, 9.17) is 15.2 Å². The number of rotatable bonds is 11. The largest absolute Gasteiger partial charge is 0.453 e. The number of aromatic nitrogens is 6. The fourth-order valence-corrected chi connectivity index (χ4v) is 8.07. The normalized spacial score (nSPS) is 17.8. The van der Waals surface area contributed by atoms with Crippen LogP contribution in [0.1, 0.15) is 73.5 Å². The van der Waals surface area contributed by atoms with Gasteiger partial charge in [0.25, 0.3) is 11.8 Å². The molecule has 16 nitrogen and oxygen atoms in total. The van der Waals surface area contributed by atoms with Crippen molar-refractivity contribution >= 4 is 24.0 Å².